The number of morpholine rings is 1. The molecule has 0 unspecified atom stereocenters. The van der Waals surface area contributed by atoms with Crippen LogP contribution in [0, 0.1) is 0 Å². The van der Waals surface area contributed by atoms with Gasteiger partial charge in [-0.2, -0.15) is 5.10 Å². The Balaban J connectivity index is 1.86. The minimum absolute atomic E-state index is 0.0676. The van der Waals surface area contributed by atoms with Crippen molar-refractivity contribution < 1.29 is 9.84 Å². The first-order valence-electron chi connectivity index (χ1n) is 6.23. The maximum absolute atomic E-state index is 9.19. The number of benzene rings is 1. The van der Waals surface area contributed by atoms with Gasteiger partial charge in [0.2, 0.25) is 0 Å². The molecule has 0 bridgehead atoms. The van der Waals surface area contributed by atoms with Gasteiger partial charge in [-0.1, -0.05) is 6.07 Å². The first-order chi connectivity index (χ1) is 8.86. The maximum atomic E-state index is 9.19. The fraction of sp³-hybridized carbons (Fsp3) is 0.462. The molecule has 0 radical (unpaired) electrons. The highest BCUT2D eigenvalue weighted by Gasteiger charge is 2.14. The topological polar surface area (TPSA) is 61.4 Å². The molecule has 0 amide bonds. The van der Waals surface area contributed by atoms with Gasteiger partial charge in [0.15, 0.2) is 0 Å². The number of hydrogen-bond acceptors (Lipinski definition) is 4. The summed E-state index contributed by atoms with van der Waals surface area (Å²) in [5.74, 6) is 0. The molecule has 0 spiro atoms. The standard InChI is InChI=1S/C13H17N3O2/c17-9-10-1-2-12-11(7-10)13(15-14-12)8-16-3-5-18-6-4-16/h1-2,7,17H,3-6,8-9H2,(H,14,15). The predicted molar refractivity (Wildman–Crippen MR) is 68.1 cm³/mol. The Hall–Kier alpha value is -1.43. The van der Waals surface area contributed by atoms with Crippen molar-refractivity contribution in [1.29, 1.82) is 0 Å². The number of hydrogen-bond donors (Lipinski definition) is 2. The highest BCUT2D eigenvalue weighted by molar-refractivity contribution is 5.82. The molecular weight excluding hydrogens is 230 g/mol. The molecule has 1 saturated heterocycles. The third-order valence-electron chi connectivity index (χ3n) is 3.37. The van der Waals surface area contributed by atoms with Gasteiger partial charge in [0.25, 0.3) is 0 Å². The van der Waals surface area contributed by atoms with Gasteiger partial charge in [0.1, 0.15) is 0 Å². The van der Waals surface area contributed by atoms with E-state index >= 15 is 0 Å². The quantitative estimate of drug-likeness (QED) is 0.845. The number of H-pyrrole nitrogens is 1. The first kappa shape index (κ1) is 11.6. The maximum Gasteiger partial charge on any atom is 0.0841 e. The van der Waals surface area contributed by atoms with Crippen LogP contribution in [0.4, 0.5) is 0 Å². The van der Waals surface area contributed by atoms with E-state index in [1.807, 2.05) is 18.2 Å². The number of aliphatic hydroxyl groups is 1. The number of aromatic nitrogens is 2. The molecular formula is C13H17N3O2. The molecule has 0 aliphatic carbocycles. The van der Waals surface area contributed by atoms with E-state index in [1.165, 1.54) is 0 Å². The number of fused-ring (bicyclic) bond motifs is 1. The normalized spacial score (nSPS) is 17.4. The Morgan fingerprint density at radius 1 is 1.33 bits per heavy atom. The lowest BCUT2D eigenvalue weighted by Crippen LogP contribution is -2.35. The average molecular weight is 247 g/mol. The van der Waals surface area contributed by atoms with Crippen LogP contribution in [0.2, 0.25) is 0 Å². The summed E-state index contributed by atoms with van der Waals surface area (Å²) in [6, 6.07) is 5.89. The summed E-state index contributed by atoms with van der Waals surface area (Å²) < 4.78 is 5.34. The van der Waals surface area contributed by atoms with E-state index < -0.39 is 0 Å². The van der Waals surface area contributed by atoms with Crippen LogP contribution < -0.4 is 0 Å². The molecule has 1 aliphatic rings. The molecule has 18 heavy (non-hydrogen) atoms. The van der Waals surface area contributed by atoms with Crippen LogP contribution in [0.15, 0.2) is 18.2 Å². The smallest absolute Gasteiger partial charge is 0.0841 e. The summed E-state index contributed by atoms with van der Waals surface area (Å²) in [6.45, 7) is 4.40. The molecule has 2 N–H and O–H groups in total. The van der Waals surface area contributed by atoms with E-state index in [9.17, 15) is 5.11 Å². The summed E-state index contributed by atoms with van der Waals surface area (Å²) in [5, 5.41) is 17.7. The zero-order chi connectivity index (χ0) is 12.4. The molecule has 2 aromatic rings. The average Bonchev–Trinajstić information content (AvgIpc) is 2.82. The molecule has 96 valence electrons. The van der Waals surface area contributed by atoms with Gasteiger partial charge < -0.3 is 9.84 Å². The lowest BCUT2D eigenvalue weighted by atomic mass is 10.1. The Morgan fingerprint density at radius 2 is 2.17 bits per heavy atom. The van der Waals surface area contributed by atoms with E-state index in [1.54, 1.807) is 0 Å². The van der Waals surface area contributed by atoms with Crippen LogP contribution in [-0.4, -0.2) is 46.5 Å². The molecule has 0 saturated carbocycles. The van der Waals surface area contributed by atoms with Gasteiger partial charge >= 0.3 is 0 Å². The van der Waals surface area contributed by atoms with Gasteiger partial charge in [-0.15, -0.1) is 0 Å². The molecule has 5 nitrogen and oxygen atoms in total. The highest BCUT2D eigenvalue weighted by atomic mass is 16.5. The second kappa shape index (κ2) is 5.06. The predicted octanol–water partition coefficient (Wildman–Crippen LogP) is 0.887. The molecule has 2 heterocycles. The van der Waals surface area contributed by atoms with Gasteiger partial charge in [-0.05, 0) is 17.7 Å². The number of nitrogens with zero attached hydrogens (tertiary/aromatic N) is 2. The van der Waals surface area contributed by atoms with Crippen LogP contribution in [-0.2, 0) is 17.9 Å². The molecule has 1 aromatic carbocycles. The van der Waals surface area contributed by atoms with E-state index in [0.29, 0.717) is 0 Å². The largest absolute Gasteiger partial charge is 0.392 e. The SMILES string of the molecule is OCc1ccc2[nH]nc(CN3CCOCC3)c2c1. The minimum atomic E-state index is 0.0676. The molecule has 0 atom stereocenters. The summed E-state index contributed by atoms with van der Waals surface area (Å²) in [5.41, 5.74) is 2.99. The van der Waals surface area contributed by atoms with Crippen molar-refractivity contribution in [3.05, 3.63) is 29.5 Å². The fourth-order valence-corrected chi connectivity index (χ4v) is 2.31. The Morgan fingerprint density at radius 3 is 2.94 bits per heavy atom. The summed E-state index contributed by atoms with van der Waals surface area (Å²) >= 11 is 0. The van der Waals surface area contributed by atoms with Crippen molar-refractivity contribution >= 4 is 10.9 Å². The van der Waals surface area contributed by atoms with Crippen molar-refractivity contribution in [3.63, 3.8) is 0 Å². The number of nitrogens with one attached hydrogen (secondary N) is 1. The Bertz CT molecular complexity index is 532. The van der Waals surface area contributed by atoms with Crippen molar-refractivity contribution in [2.75, 3.05) is 26.3 Å². The van der Waals surface area contributed by atoms with Crippen molar-refractivity contribution in [2.24, 2.45) is 0 Å². The second-order valence-corrected chi connectivity index (χ2v) is 4.60. The van der Waals surface area contributed by atoms with E-state index in [2.05, 4.69) is 15.1 Å². The van der Waals surface area contributed by atoms with Crippen LogP contribution in [0.5, 0.6) is 0 Å². The Labute approximate surface area is 105 Å². The zero-order valence-corrected chi connectivity index (χ0v) is 10.2. The minimum Gasteiger partial charge on any atom is -0.392 e. The summed E-state index contributed by atoms with van der Waals surface area (Å²) in [7, 11) is 0. The van der Waals surface area contributed by atoms with Crippen molar-refractivity contribution in [3.8, 4) is 0 Å². The van der Waals surface area contributed by atoms with Crippen LogP contribution in [0.1, 0.15) is 11.3 Å². The van der Waals surface area contributed by atoms with Crippen molar-refractivity contribution in [1.82, 2.24) is 15.1 Å². The number of aliphatic hydroxyl groups excluding tert-OH is 1. The summed E-state index contributed by atoms with van der Waals surface area (Å²) in [4.78, 5) is 2.34. The zero-order valence-electron chi connectivity index (χ0n) is 10.2. The second-order valence-electron chi connectivity index (χ2n) is 4.60. The lowest BCUT2D eigenvalue weighted by molar-refractivity contribution is 0.0338. The van der Waals surface area contributed by atoms with Crippen molar-refractivity contribution in [2.45, 2.75) is 13.2 Å². The molecule has 1 aromatic heterocycles. The van der Waals surface area contributed by atoms with E-state index in [-0.39, 0.29) is 6.61 Å². The first-order valence-corrected chi connectivity index (χ1v) is 6.23. The molecule has 1 aliphatic heterocycles. The number of aromatic amines is 1. The van der Waals surface area contributed by atoms with Crippen LogP contribution in [0.3, 0.4) is 0 Å². The third-order valence-corrected chi connectivity index (χ3v) is 3.37. The van der Waals surface area contributed by atoms with Gasteiger partial charge in [0.05, 0.1) is 31.0 Å². The molecule has 5 heteroatoms. The third kappa shape index (κ3) is 2.25. The van der Waals surface area contributed by atoms with Gasteiger partial charge in [-0.3, -0.25) is 10.00 Å². The van der Waals surface area contributed by atoms with Gasteiger partial charge in [0, 0.05) is 25.0 Å². The van der Waals surface area contributed by atoms with Crippen LogP contribution >= 0.6 is 0 Å². The number of rotatable bonds is 3. The lowest BCUT2D eigenvalue weighted by Gasteiger charge is -2.25. The van der Waals surface area contributed by atoms with E-state index in [0.717, 1.165) is 55.0 Å². The summed E-state index contributed by atoms with van der Waals surface area (Å²) in [6.07, 6.45) is 0. The molecule has 3 rings (SSSR count). The van der Waals surface area contributed by atoms with Gasteiger partial charge in [-0.25, -0.2) is 0 Å². The Kier molecular flexibility index (Phi) is 3.27. The fourth-order valence-electron chi connectivity index (χ4n) is 2.31. The highest BCUT2D eigenvalue weighted by Crippen LogP contribution is 2.19. The van der Waals surface area contributed by atoms with Crippen LogP contribution in [0.25, 0.3) is 10.9 Å². The monoisotopic (exact) mass is 247 g/mol. The molecule has 1 fully saturated rings. The number of ether oxygens (including phenoxy) is 1. The van der Waals surface area contributed by atoms with E-state index in [4.69, 9.17) is 4.74 Å².